The van der Waals surface area contributed by atoms with Crippen LogP contribution in [-0.2, 0) is 20.7 Å². The van der Waals surface area contributed by atoms with Crippen molar-refractivity contribution in [2.45, 2.75) is 51.2 Å². The van der Waals surface area contributed by atoms with Crippen LogP contribution in [0, 0.1) is 5.82 Å². The highest BCUT2D eigenvalue weighted by molar-refractivity contribution is 5.97. The van der Waals surface area contributed by atoms with Crippen LogP contribution in [0.4, 0.5) is 4.39 Å². The van der Waals surface area contributed by atoms with E-state index in [9.17, 15) is 18.8 Å². The zero-order chi connectivity index (χ0) is 20.8. The van der Waals surface area contributed by atoms with E-state index < -0.39 is 17.9 Å². The molecule has 0 radical (unpaired) electrons. The lowest BCUT2D eigenvalue weighted by Gasteiger charge is -2.27. The first kappa shape index (κ1) is 20.7. The number of nitrogens with one attached hydrogen (secondary N) is 1. The van der Waals surface area contributed by atoms with E-state index in [1.807, 2.05) is 18.2 Å². The molecule has 152 valence electrons. The second-order valence-electron chi connectivity index (χ2n) is 7.21. The topological polar surface area (TPSA) is 72.5 Å². The summed E-state index contributed by atoms with van der Waals surface area (Å²) in [7, 11) is 0. The van der Waals surface area contributed by atoms with Gasteiger partial charge in [-0.2, -0.15) is 0 Å². The van der Waals surface area contributed by atoms with E-state index in [0.29, 0.717) is 5.56 Å². The molecule has 1 aliphatic rings. The van der Waals surface area contributed by atoms with Crippen molar-refractivity contribution < 1.29 is 23.5 Å². The van der Waals surface area contributed by atoms with E-state index in [4.69, 9.17) is 4.74 Å². The minimum Gasteiger partial charge on any atom is -0.453 e. The van der Waals surface area contributed by atoms with Crippen LogP contribution in [-0.4, -0.2) is 23.8 Å². The quantitative estimate of drug-likeness (QED) is 0.568. The van der Waals surface area contributed by atoms with Gasteiger partial charge in [-0.25, -0.2) is 4.39 Å². The van der Waals surface area contributed by atoms with Crippen LogP contribution in [0.1, 0.15) is 60.1 Å². The first-order chi connectivity index (χ1) is 13.9. The Morgan fingerprint density at radius 2 is 1.83 bits per heavy atom. The summed E-state index contributed by atoms with van der Waals surface area (Å²) in [6, 6.07) is 13.1. The molecule has 0 heterocycles. The van der Waals surface area contributed by atoms with E-state index in [1.54, 1.807) is 0 Å². The normalized spacial score (nSPS) is 16.4. The van der Waals surface area contributed by atoms with Gasteiger partial charge in [0.1, 0.15) is 5.82 Å². The van der Waals surface area contributed by atoms with Crippen LogP contribution in [0.5, 0.6) is 0 Å². The zero-order valence-electron chi connectivity index (χ0n) is 16.3. The number of Topliss-reactive ketones (excluding diaryl/α,β-unsaturated/α-hetero) is 1. The molecular weight excluding hydrogens is 373 g/mol. The first-order valence-electron chi connectivity index (χ1n) is 9.80. The van der Waals surface area contributed by atoms with Gasteiger partial charge in [0, 0.05) is 12.0 Å². The van der Waals surface area contributed by atoms with Gasteiger partial charge >= 0.3 is 5.97 Å². The van der Waals surface area contributed by atoms with Gasteiger partial charge in [0.25, 0.3) is 5.91 Å². The summed E-state index contributed by atoms with van der Waals surface area (Å²) in [5, 5.41) is 2.96. The maximum absolute atomic E-state index is 12.9. The van der Waals surface area contributed by atoms with Crippen LogP contribution in [0.3, 0.4) is 0 Å². The van der Waals surface area contributed by atoms with Gasteiger partial charge < -0.3 is 10.1 Å². The second-order valence-corrected chi connectivity index (χ2v) is 7.21. The summed E-state index contributed by atoms with van der Waals surface area (Å²) in [5.41, 5.74) is 2.67. The van der Waals surface area contributed by atoms with E-state index in [1.165, 1.54) is 36.8 Å². The molecule has 2 aromatic rings. The van der Waals surface area contributed by atoms with Crippen LogP contribution >= 0.6 is 0 Å². The minimum atomic E-state index is -0.947. The molecule has 0 aliphatic heterocycles. The Kier molecular flexibility index (Phi) is 6.75. The summed E-state index contributed by atoms with van der Waals surface area (Å²) >= 11 is 0. The van der Waals surface area contributed by atoms with Gasteiger partial charge in [0.05, 0.1) is 12.5 Å². The Hall–Kier alpha value is -3.02. The van der Waals surface area contributed by atoms with Crippen LogP contribution in [0.15, 0.2) is 48.5 Å². The zero-order valence-corrected chi connectivity index (χ0v) is 16.3. The number of halogens is 1. The smallest absolute Gasteiger partial charge is 0.307 e. The summed E-state index contributed by atoms with van der Waals surface area (Å²) in [5.74, 6) is -1.68. The minimum absolute atomic E-state index is 0.0607. The third-order valence-electron chi connectivity index (χ3n) is 5.09. The molecule has 1 N–H and O–H groups in total. The van der Waals surface area contributed by atoms with Crippen molar-refractivity contribution in [3.05, 3.63) is 71.0 Å². The maximum atomic E-state index is 12.9. The fourth-order valence-corrected chi connectivity index (χ4v) is 3.50. The summed E-state index contributed by atoms with van der Waals surface area (Å²) in [6.45, 7) is 1.52. The number of ketones is 1. The third-order valence-corrected chi connectivity index (χ3v) is 5.09. The molecule has 0 fully saturated rings. The lowest BCUT2D eigenvalue weighted by atomic mass is 9.87. The van der Waals surface area contributed by atoms with Crippen molar-refractivity contribution in [1.29, 1.82) is 0 Å². The summed E-state index contributed by atoms with van der Waals surface area (Å²) in [6.07, 6.45) is 1.68. The molecule has 2 aromatic carbocycles. The van der Waals surface area contributed by atoms with Gasteiger partial charge in [0.2, 0.25) is 0 Å². The molecule has 1 amide bonds. The lowest BCUT2D eigenvalue weighted by Crippen LogP contribution is -2.39. The van der Waals surface area contributed by atoms with Crippen molar-refractivity contribution in [1.82, 2.24) is 5.32 Å². The number of esters is 1. The van der Waals surface area contributed by atoms with Crippen LogP contribution < -0.4 is 5.32 Å². The van der Waals surface area contributed by atoms with Crippen molar-refractivity contribution in [2.75, 3.05) is 0 Å². The van der Waals surface area contributed by atoms with Gasteiger partial charge in [0.15, 0.2) is 11.9 Å². The van der Waals surface area contributed by atoms with Gasteiger partial charge in [-0.3, -0.25) is 14.4 Å². The number of rotatable bonds is 7. The van der Waals surface area contributed by atoms with Gasteiger partial charge in [-0.15, -0.1) is 0 Å². The number of carbonyl (C=O) groups excluding carboxylic acids is 3. The molecule has 0 saturated carbocycles. The number of hydrogen-bond donors (Lipinski definition) is 1. The SMILES string of the molecule is C[C@H](OC(=O)CCC(=O)c1ccc(F)cc1)C(=O)N[C@@H]1CCCc2ccccc21. The monoisotopic (exact) mass is 397 g/mol. The fraction of sp³-hybridized carbons (Fsp3) is 0.348. The Balaban J connectivity index is 1.47. The summed E-state index contributed by atoms with van der Waals surface area (Å²) in [4.78, 5) is 36.5. The predicted molar refractivity (Wildman–Crippen MR) is 106 cm³/mol. The van der Waals surface area contributed by atoms with Crippen LogP contribution in [0.25, 0.3) is 0 Å². The van der Waals surface area contributed by atoms with Crippen molar-refractivity contribution >= 4 is 17.7 Å². The number of amides is 1. The first-order valence-corrected chi connectivity index (χ1v) is 9.80. The number of fused-ring (bicyclic) bond motifs is 1. The molecule has 6 heteroatoms. The molecule has 2 atom stereocenters. The highest BCUT2D eigenvalue weighted by Crippen LogP contribution is 2.29. The number of benzene rings is 2. The third kappa shape index (κ3) is 5.50. The number of aryl methyl sites for hydroxylation is 1. The standard InChI is InChI=1S/C23H24FNO4/c1-15(23(28)25-20-8-4-6-16-5-2-3-7-19(16)20)29-22(27)14-13-21(26)17-9-11-18(24)12-10-17/h2-3,5,7,9-12,15,20H,4,6,8,13-14H2,1H3,(H,25,28)/t15-,20+/m0/s1. The molecule has 0 saturated heterocycles. The Morgan fingerprint density at radius 3 is 2.59 bits per heavy atom. The highest BCUT2D eigenvalue weighted by Gasteiger charge is 2.25. The highest BCUT2D eigenvalue weighted by atomic mass is 19.1. The molecule has 29 heavy (non-hydrogen) atoms. The molecule has 5 nitrogen and oxygen atoms in total. The Bertz CT molecular complexity index is 894. The molecule has 0 unspecified atom stereocenters. The Labute approximate surface area is 169 Å². The lowest BCUT2D eigenvalue weighted by molar-refractivity contribution is -0.155. The maximum Gasteiger partial charge on any atom is 0.307 e. The largest absolute Gasteiger partial charge is 0.453 e. The van der Waals surface area contributed by atoms with Crippen molar-refractivity contribution in [3.63, 3.8) is 0 Å². The van der Waals surface area contributed by atoms with E-state index in [-0.39, 0.29) is 30.6 Å². The molecule has 0 aromatic heterocycles. The molecule has 0 spiro atoms. The molecule has 1 aliphatic carbocycles. The van der Waals surface area contributed by atoms with E-state index >= 15 is 0 Å². The van der Waals surface area contributed by atoms with Crippen molar-refractivity contribution in [2.24, 2.45) is 0 Å². The molecule has 3 rings (SSSR count). The van der Waals surface area contributed by atoms with Crippen LogP contribution in [0.2, 0.25) is 0 Å². The number of ether oxygens (including phenoxy) is 1. The summed E-state index contributed by atoms with van der Waals surface area (Å²) < 4.78 is 18.1. The van der Waals surface area contributed by atoms with E-state index in [0.717, 1.165) is 24.8 Å². The average molecular weight is 397 g/mol. The van der Waals surface area contributed by atoms with E-state index in [2.05, 4.69) is 11.4 Å². The Morgan fingerprint density at radius 1 is 1.10 bits per heavy atom. The molecule has 0 bridgehead atoms. The predicted octanol–water partition coefficient (Wildman–Crippen LogP) is 3.91. The van der Waals surface area contributed by atoms with Crippen molar-refractivity contribution in [3.8, 4) is 0 Å². The second kappa shape index (κ2) is 9.45. The van der Waals surface area contributed by atoms with Gasteiger partial charge in [-0.1, -0.05) is 24.3 Å². The number of hydrogen-bond acceptors (Lipinski definition) is 4. The van der Waals surface area contributed by atoms with Gasteiger partial charge in [-0.05, 0) is 61.6 Å². The molecular formula is C23H24FNO4. The fourth-order valence-electron chi connectivity index (χ4n) is 3.50. The average Bonchev–Trinajstić information content (AvgIpc) is 2.72. The number of carbonyl (C=O) groups is 3.